The van der Waals surface area contributed by atoms with Gasteiger partial charge < -0.3 is 19.4 Å². The molecule has 2 rings (SSSR count). The lowest BCUT2D eigenvalue weighted by Crippen LogP contribution is -2.08. The molecule has 5 nitrogen and oxygen atoms in total. The Labute approximate surface area is 159 Å². The maximum Gasteiger partial charge on any atom is 0.343 e. The van der Waals surface area contributed by atoms with Crippen LogP contribution in [0.15, 0.2) is 50.7 Å². The summed E-state index contributed by atoms with van der Waals surface area (Å²) in [6.07, 6.45) is 6.79. The molecular formula is C22H28O5. The van der Waals surface area contributed by atoms with E-state index in [0.29, 0.717) is 30.6 Å². The highest BCUT2D eigenvalue weighted by atomic mass is 16.5. The molecule has 0 bridgehead atoms. The van der Waals surface area contributed by atoms with Crippen LogP contribution < -0.4 is 10.4 Å². The minimum absolute atomic E-state index is 0.0173. The molecule has 1 aromatic heterocycles. The molecule has 27 heavy (non-hydrogen) atoms. The van der Waals surface area contributed by atoms with Crippen LogP contribution in [0.5, 0.6) is 11.5 Å². The maximum atomic E-state index is 12.4. The second-order valence-corrected chi connectivity index (χ2v) is 6.85. The Morgan fingerprint density at radius 3 is 2.70 bits per heavy atom. The van der Waals surface area contributed by atoms with E-state index in [1.807, 2.05) is 13.0 Å². The van der Waals surface area contributed by atoms with Crippen LogP contribution in [0, 0.1) is 0 Å². The molecule has 0 unspecified atom stereocenters. The van der Waals surface area contributed by atoms with Crippen LogP contribution >= 0.6 is 0 Å². The normalized spacial score (nSPS) is 11.6. The zero-order valence-electron chi connectivity index (χ0n) is 16.2. The summed E-state index contributed by atoms with van der Waals surface area (Å²) in [6, 6.07) is 5.11. The Bertz CT molecular complexity index is 885. The van der Waals surface area contributed by atoms with Crippen LogP contribution in [0.25, 0.3) is 11.0 Å². The van der Waals surface area contributed by atoms with Gasteiger partial charge in [-0.1, -0.05) is 29.4 Å². The van der Waals surface area contributed by atoms with Crippen molar-refractivity contribution < 1.29 is 19.4 Å². The summed E-state index contributed by atoms with van der Waals surface area (Å²) in [5.74, 6) is 0.315. The summed E-state index contributed by atoms with van der Waals surface area (Å²) < 4.78 is 11.0. The molecular weight excluding hydrogens is 344 g/mol. The molecule has 0 aliphatic rings. The SMILES string of the molecule is CC(C)=CCC/C(C)=C/Cc1c(O)c2cccc(OCCCO)c2oc1=O. The lowest BCUT2D eigenvalue weighted by Gasteiger charge is -2.10. The van der Waals surface area contributed by atoms with Crippen molar-refractivity contribution in [2.75, 3.05) is 13.2 Å². The van der Waals surface area contributed by atoms with Crippen molar-refractivity contribution in [2.45, 2.75) is 46.5 Å². The highest BCUT2D eigenvalue weighted by Gasteiger charge is 2.16. The third-order valence-corrected chi connectivity index (χ3v) is 4.27. The number of hydrogen-bond acceptors (Lipinski definition) is 5. The molecule has 0 atom stereocenters. The van der Waals surface area contributed by atoms with Crippen LogP contribution in [0.3, 0.4) is 0 Å². The molecule has 146 valence electrons. The fourth-order valence-corrected chi connectivity index (χ4v) is 2.73. The molecule has 1 aromatic carbocycles. The maximum absolute atomic E-state index is 12.4. The molecule has 0 radical (unpaired) electrons. The molecule has 5 heteroatoms. The van der Waals surface area contributed by atoms with E-state index in [9.17, 15) is 9.90 Å². The van der Waals surface area contributed by atoms with Crippen LogP contribution in [-0.2, 0) is 6.42 Å². The Morgan fingerprint density at radius 1 is 1.22 bits per heavy atom. The van der Waals surface area contributed by atoms with E-state index >= 15 is 0 Å². The van der Waals surface area contributed by atoms with Gasteiger partial charge in [0, 0.05) is 19.4 Å². The molecule has 0 saturated carbocycles. The topological polar surface area (TPSA) is 79.9 Å². The molecule has 2 N–H and O–H groups in total. The monoisotopic (exact) mass is 372 g/mol. The molecule has 0 spiro atoms. The molecule has 2 aromatic rings. The summed E-state index contributed by atoms with van der Waals surface area (Å²) in [6.45, 7) is 6.48. The number of rotatable bonds is 9. The zero-order chi connectivity index (χ0) is 19.8. The van der Waals surface area contributed by atoms with Crippen molar-refractivity contribution in [1.29, 1.82) is 0 Å². The minimum Gasteiger partial charge on any atom is -0.507 e. The molecule has 0 aliphatic carbocycles. The first kappa shape index (κ1) is 20.8. The van der Waals surface area contributed by atoms with E-state index < -0.39 is 5.63 Å². The van der Waals surface area contributed by atoms with Crippen LogP contribution in [0.1, 0.15) is 45.6 Å². The minimum atomic E-state index is -0.563. The molecule has 0 amide bonds. The van der Waals surface area contributed by atoms with Crippen LogP contribution in [0.4, 0.5) is 0 Å². The quantitative estimate of drug-likeness (QED) is 0.385. The first-order chi connectivity index (χ1) is 12.9. The van der Waals surface area contributed by atoms with Crippen molar-refractivity contribution in [3.8, 4) is 11.5 Å². The fourth-order valence-electron chi connectivity index (χ4n) is 2.73. The number of hydrogen-bond donors (Lipinski definition) is 2. The lowest BCUT2D eigenvalue weighted by molar-refractivity contribution is 0.233. The van der Waals surface area contributed by atoms with Crippen molar-refractivity contribution >= 4 is 11.0 Å². The van der Waals surface area contributed by atoms with Gasteiger partial charge in [0.05, 0.1) is 17.6 Å². The Hall–Kier alpha value is -2.53. The number of fused-ring (bicyclic) bond motifs is 1. The van der Waals surface area contributed by atoms with Gasteiger partial charge in [0.2, 0.25) is 0 Å². The third kappa shape index (κ3) is 5.73. The van der Waals surface area contributed by atoms with Gasteiger partial charge in [-0.15, -0.1) is 0 Å². The highest BCUT2D eigenvalue weighted by molar-refractivity contribution is 5.88. The second kappa shape index (κ2) is 9.97. The zero-order valence-corrected chi connectivity index (χ0v) is 16.2. The molecule has 0 fully saturated rings. The number of benzene rings is 1. The first-order valence-electron chi connectivity index (χ1n) is 9.24. The average Bonchev–Trinajstić information content (AvgIpc) is 2.62. The number of para-hydroxylation sites is 1. The number of aliphatic hydroxyl groups is 1. The second-order valence-electron chi connectivity index (χ2n) is 6.85. The van der Waals surface area contributed by atoms with E-state index in [4.69, 9.17) is 14.3 Å². The van der Waals surface area contributed by atoms with Gasteiger partial charge in [0.25, 0.3) is 0 Å². The van der Waals surface area contributed by atoms with Gasteiger partial charge >= 0.3 is 5.63 Å². The van der Waals surface area contributed by atoms with E-state index in [2.05, 4.69) is 19.9 Å². The van der Waals surface area contributed by atoms with Crippen LogP contribution in [0.2, 0.25) is 0 Å². The van der Waals surface area contributed by atoms with Gasteiger partial charge in [0.1, 0.15) is 5.75 Å². The van der Waals surface area contributed by atoms with E-state index in [-0.39, 0.29) is 23.5 Å². The average molecular weight is 372 g/mol. The Balaban J connectivity index is 2.26. The summed E-state index contributed by atoms with van der Waals surface area (Å²) in [5.41, 5.74) is 2.36. The standard InChI is InChI=1S/C22H28O5/c1-15(2)7-4-8-16(3)11-12-18-20(24)17-9-5-10-19(26-14-6-13-23)21(17)27-22(18)25/h5,7,9-11,23-24H,4,6,8,12-14H2,1-3H3/b16-11+. The van der Waals surface area contributed by atoms with E-state index in [0.717, 1.165) is 18.4 Å². The van der Waals surface area contributed by atoms with Gasteiger partial charge in [-0.2, -0.15) is 0 Å². The van der Waals surface area contributed by atoms with E-state index in [1.165, 1.54) is 5.57 Å². The number of aliphatic hydroxyl groups excluding tert-OH is 1. The molecule has 1 heterocycles. The predicted octanol–water partition coefficient (Wildman–Crippen LogP) is 4.50. The Morgan fingerprint density at radius 2 is 2.00 bits per heavy atom. The van der Waals surface area contributed by atoms with Crippen LogP contribution in [-0.4, -0.2) is 23.4 Å². The van der Waals surface area contributed by atoms with E-state index in [1.54, 1.807) is 18.2 Å². The fraction of sp³-hybridized carbons (Fsp3) is 0.409. The van der Waals surface area contributed by atoms with Crippen molar-refractivity contribution in [1.82, 2.24) is 0 Å². The largest absolute Gasteiger partial charge is 0.507 e. The third-order valence-electron chi connectivity index (χ3n) is 4.27. The first-order valence-corrected chi connectivity index (χ1v) is 9.24. The summed E-state index contributed by atoms with van der Waals surface area (Å²) in [5, 5.41) is 19.9. The van der Waals surface area contributed by atoms with Crippen molar-refractivity contribution in [2.24, 2.45) is 0 Å². The number of ether oxygens (including phenoxy) is 1. The Kier molecular flexibility index (Phi) is 7.67. The summed E-state index contributed by atoms with van der Waals surface area (Å²) in [4.78, 5) is 12.4. The summed E-state index contributed by atoms with van der Waals surface area (Å²) >= 11 is 0. The molecule has 0 aliphatic heterocycles. The van der Waals surface area contributed by atoms with Gasteiger partial charge in [-0.05, 0) is 45.7 Å². The van der Waals surface area contributed by atoms with Crippen molar-refractivity contribution in [3.05, 3.63) is 57.5 Å². The smallest absolute Gasteiger partial charge is 0.343 e. The predicted molar refractivity (Wildman–Crippen MR) is 107 cm³/mol. The number of allylic oxidation sites excluding steroid dienone is 4. The highest BCUT2D eigenvalue weighted by Crippen LogP contribution is 2.32. The summed E-state index contributed by atoms with van der Waals surface area (Å²) in [7, 11) is 0. The van der Waals surface area contributed by atoms with Gasteiger partial charge in [-0.25, -0.2) is 4.79 Å². The number of aromatic hydroxyl groups is 1. The van der Waals surface area contributed by atoms with Gasteiger partial charge in [-0.3, -0.25) is 0 Å². The van der Waals surface area contributed by atoms with Crippen molar-refractivity contribution in [3.63, 3.8) is 0 Å². The molecule has 0 saturated heterocycles. The van der Waals surface area contributed by atoms with Gasteiger partial charge in [0.15, 0.2) is 11.3 Å². The lowest BCUT2D eigenvalue weighted by atomic mass is 10.1.